The van der Waals surface area contributed by atoms with Crippen molar-refractivity contribution in [3.05, 3.63) is 29.8 Å². The zero-order valence-corrected chi connectivity index (χ0v) is 16.1. The molecule has 2 heterocycles. The molecule has 8 heteroatoms. The standard InChI is InChI=1S/C19H24N2O5S/c1-25-13-8-6-12(7-9-13)15(22)10-26-17(23)5-3-2-4-16-18-14(11-27-16)20-19(24)21-18/h6-9,14,16,18H,2-5,10-11H2,1H3,(H2,20,21,24). The second-order valence-corrected chi connectivity index (χ2v) is 7.95. The maximum absolute atomic E-state index is 12.0. The van der Waals surface area contributed by atoms with Gasteiger partial charge in [0, 0.05) is 23.0 Å². The number of amides is 2. The maximum atomic E-state index is 12.0. The number of hydrogen-bond acceptors (Lipinski definition) is 6. The average molecular weight is 392 g/mol. The summed E-state index contributed by atoms with van der Waals surface area (Å²) in [5, 5.41) is 6.27. The molecule has 3 atom stereocenters. The summed E-state index contributed by atoms with van der Waals surface area (Å²) < 4.78 is 10.1. The van der Waals surface area contributed by atoms with Gasteiger partial charge in [-0.05, 0) is 37.1 Å². The Labute approximate surface area is 162 Å². The van der Waals surface area contributed by atoms with Gasteiger partial charge in [-0.2, -0.15) is 11.8 Å². The molecule has 0 aliphatic carbocycles. The van der Waals surface area contributed by atoms with Crippen molar-refractivity contribution in [3.8, 4) is 5.75 Å². The Kier molecular flexibility index (Phi) is 6.60. The minimum Gasteiger partial charge on any atom is -0.497 e. The molecule has 146 valence electrons. The van der Waals surface area contributed by atoms with Gasteiger partial charge in [0.1, 0.15) is 5.75 Å². The van der Waals surface area contributed by atoms with Crippen LogP contribution in [-0.4, -0.2) is 54.6 Å². The van der Waals surface area contributed by atoms with E-state index in [9.17, 15) is 14.4 Å². The predicted molar refractivity (Wildman–Crippen MR) is 102 cm³/mol. The van der Waals surface area contributed by atoms with Crippen molar-refractivity contribution in [2.75, 3.05) is 19.5 Å². The third-order valence-electron chi connectivity index (χ3n) is 4.83. The van der Waals surface area contributed by atoms with Crippen LogP contribution >= 0.6 is 11.8 Å². The van der Waals surface area contributed by atoms with E-state index >= 15 is 0 Å². The third-order valence-corrected chi connectivity index (χ3v) is 6.34. The molecule has 2 aliphatic rings. The molecule has 2 N–H and O–H groups in total. The SMILES string of the molecule is COc1ccc(C(=O)COC(=O)CCCCC2SCC3NC(=O)NC32)cc1. The van der Waals surface area contributed by atoms with Crippen molar-refractivity contribution >= 4 is 29.5 Å². The molecule has 1 aromatic carbocycles. The highest BCUT2D eigenvalue weighted by atomic mass is 32.2. The number of methoxy groups -OCH3 is 1. The Morgan fingerprint density at radius 3 is 2.70 bits per heavy atom. The first-order chi connectivity index (χ1) is 13.1. The van der Waals surface area contributed by atoms with E-state index in [-0.39, 0.29) is 36.5 Å². The van der Waals surface area contributed by atoms with Gasteiger partial charge in [0.05, 0.1) is 19.2 Å². The topological polar surface area (TPSA) is 93.7 Å². The summed E-state index contributed by atoms with van der Waals surface area (Å²) in [6.07, 6.45) is 2.85. The number of benzene rings is 1. The van der Waals surface area contributed by atoms with Crippen LogP contribution in [0.4, 0.5) is 4.79 Å². The number of carbonyl (C=O) groups excluding carboxylic acids is 3. The van der Waals surface area contributed by atoms with Gasteiger partial charge in [0.25, 0.3) is 0 Å². The molecule has 0 radical (unpaired) electrons. The van der Waals surface area contributed by atoms with Gasteiger partial charge in [-0.15, -0.1) is 0 Å². The molecule has 3 unspecified atom stereocenters. The fraction of sp³-hybridized carbons (Fsp3) is 0.526. The first-order valence-electron chi connectivity index (χ1n) is 9.08. The molecule has 2 aliphatic heterocycles. The fourth-order valence-electron chi connectivity index (χ4n) is 3.34. The van der Waals surface area contributed by atoms with Crippen molar-refractivity contribution < 1.29 is 23.9 Å². The molecule has 1 aromatic rings. The molecular weight excluding hydrogens is 368 g/mol. The average Bonchev–Trinajstić information content (AvgIpc) is 3.22. The Hall–Kier alpha value is -2.22. The number of urea groups is 1. The largest absolute Gasteiger partial charge is 0.497 e. The van der Waals surface area contributed by atoms with Crippen LogP contribution in [0.25, 0.3) is 0 Å². The van der Waals surface area contributed by atoms with Gasteiger partial charge in [0.15, 0.2) is 12.4 Å². The maximum Gasteiger partial charge on any atom is 0.315 e. The minimum absolute atomic E-state index is 0.0830. The Morgan fingerprint density at radius 2 is 1.96 bits per heavy atom. The van der Waals surface area contributed by atoms with Crippen LogP contribution in [0.3, 0.4) is 0 Å². The molecule has 0 saturated carbocycles. The summed E-state index contributed by atoms with van der Waals surface area (Å²) in [5.74, 6) is 1.01. The highest BCUT2D eigenvalue weighted by molar-refractivity contribution is 8.00. The lowest BCUT2D eigenvalue weighted by molar-refractivity contribution is -0.142. The summed E-state index contributed by atoms with van der Waals surface area (Å²) in [6.45, 7) is -0.245. The minimum atomic E-state index is -0.357. The van der Waals surface area contributed by atoms with Crippen molar-refractivity contribution in [3.63, 3.8) is 0 Å². The van der Waals surface area contributed by atoms with E-state index in [2.05, 4.69) is 10.6 Å². The van der Waals surface area contributed by atoms with Crippen LogP contribution in [0.15, 0.2) is 24.3 Å². The van der Waals surface area contributed by atoms with E-state index in [0.29, 0.717) is 29.4 Å². The third kappa shape index (κ3) is 5.15. The van der Waals surface area contributed by atoms with Crippen LogP contribution in [0, 0.1) is 0 Å². The van der Waals surface area contributed by atoms with Crippen LogP contribution in [-0.2, 0) is 9.53 Å². The number of ether oxygens (including phenoxy) is 2. The van der Waals surface area contributed by atoms with Crippen LogP contribution in [0.5, 0.6) is 5.75 Å². The van der Waals surface area contributed by atoms with E-state index in [1.165, 1.54) is 0 Å². The number of carbonyl (C=O) groups is 3. The zero-order valence-electron chi connectivity index (χ0n) is 15.2. The van der Waals surface area contributed by atoms with Crippen LogP contribution in [0.1, 0.15) is 36.0 Å². The number of rotatable bonds is 9. The summed E-state index contributed by atoms with van der Waals surface area (Å²) in [5.41, 5.74) is 0.489. The number of esters is 1. The Bertz CT molecular complexity index is 694. The lowest BCUT2D eigenvalue weighted by Gasteiger charge is -2.16. The van der Waals surface area contributed by atoms with Crippen molar-refractivity contribution in [2.45, 2.75) is 43.0 Å². The molecule has 7 nitrogen and oxygen atoms in total. The number of unbranched alkanes of at least 4 members (excludes halogenated alkanes) is 1. The lowest BCUT2D eigenvalue weighted by atomic mass is 10.0. The first-order valence-corrected chi connectivity index (χ1v) is 10.1. The molecule has 0 spiro atoms. The highest BCUT2D eigenvalue weighted by Gasteiger charge is 2.42. The number of thioether (sulfide) groups is 1. The summed E-state index contributed by atoms with van der Waals surface area (Å²) in [4.78, 5) is 35.2. The van der Waals surface area contributed by atoms with E-state index in [0.717, 1.165) is 18.6 Å². The summed E-state index contributed by atoms with van der Waals surface area (Å²) in [7, 11) is 1.56. The van der Waals surface area contributed by atoms with Gasteiger partial charge in [-0.1, -0.05) is 6.42 Å². The Morgan fingerprint density at radius 1 is 1.19 bits per heavy atom. The molecule has 0 bridgehead atoms. The number of fused-ring (bicyclic) bond motifs is 1. The second kappa shape index (κ2) is 9.12. The van der Waals surface area contributed by atoms with Gasteiger partial charge < -0.3 is 20.1 Å². The van der Waals surface area contributed by atoms with E-state index in [1.54, 1.807) is 31.4 Å². The molecule has 0 aromatic heterocycles. The predicted octanol–water partition coefficient (Wildman–Crippen LogP) is 2.15. The first kappa shape index (κ1) is 19.5. The number of ketones is 1. The second-order valence-electron chi connectivity index (χ2n) is 6.68. The molecule has 27 heavy (non-hydrogen) atoms. The summed E-state index contributed by atoms with van der Waals surface area (Å²) in [6, 6.07) is 7.03. The molecule has 2 fully saturated rings. The molecular formula is C19H24N2O5S. The van der Waals surface area contributed by atoms with E-state index < -0.39 is 0 Å². The lowest BCUT2D eigenvalue weighted by Crippen LogP contribution is -2.36. The highest BCUT2D eigenvalue weighted by Crippen LogP contribution is 2.33. The molecule has 3 rings (SSSR count). The van der Waals surface area contributed by atoms with E-state index in [4.69, 9.17) is 9.47 Å². The van der Waals surface area contributed by atoms with Gasteiger partial charge in [-0.3, -0.25) is 9.59 Å². The van der Waals surface area contributed by atoms with Crippen molar-refractivity contribution in [1.82, 2.24) is 10.6 Å². The quantitative estimate of drug-likeness (QED) is 0.289. The van der Waals surface area contributed by atoms with Crippen molar-refractivity contribution in [1.29, 1.82) is 0 Å². The monoisotopic (exact) mass is 392 g/mol. The zero-order chi connectivity index (χ0) is 19.2. The number of hydrogen-bond donors (Lipinski definition) is 2. The van der Waals surface area contributed by atoms with Gasteiger partial charge in [-0.25, -0.2) is 4.79 Å². The van der Waals surface area contributed by atoms with Gasteiger partial charge >= 0.3 is 12.0 Å². The number of nitrogens with one attached hydrogen (secondary N) is 2. The fourth-order valence-corrected chi connectivity index (χ4v) is 4.88. The smallest absolute Gasteiger partial charge is 0.315 e. The normalized spacial score (nSPS) is 23.3. The number of Topliss-reactive ketones (excluding diaryl/α,β-unsaturated/α-hetero) is 1. The van der Waals surface area contributed by atoms with Crippen LogP contribution < -0.4 is 15.4 Å². The van der Waals surface area contributed by atoms with E-state index in [1.807, 2.05) is 11.8 Å². The summed E-state index contributed by atoms with van der Waals surface area (Å²) >= 11 is 1.86. The van der Waals surface area contributed by atoms with Crippen molar-refractivity contribution in [2.24, 2.45) is 0 Å². The van der Waals surface area contributed by atoms with Gasteiger partial charge in [0.2, 0.25) is 0 Å². The Balaban J connectivity index is 1.30. The molecule has 2 amide bonds. The molecule has 2 saturated heterocycles. The van der Waals surface area contributed by atoms with Crippen LogP contribution in [0.2, 0.25) is 0 Å².